The summed E-state index contributed by atoms with van der Waals surface area (Å²) in [6.07, 6.45) is 0.761. The summed E-state index contributed by atoms with van der Waals surface area (Å²) in [6, 6.07) is 1.89. The van der Waals surface area contributed by atoms with Gasteiger partial charge in [0.05, 0.1) is 37.6 Å². The fourth-order valence-corrected chi connectivity index (χ4v) is 3.81. The molecule has 0 atom stereocenters. The zero-order valence-corrected chi connectivity index (χ0v) is 15.2. The van der Waals surface area contributed by atoms with Gasteiger partial charge in [-0.2, -0.15) is 0 Å². The Balaban J connectivity index is 2.38. The van der Waals surface area contributed by atoms with Gasteiger partial charge in [-0.05, 0) is 37.5 Å². The molecule has 3 rings (SSSR count). The Hall–Kier alpha value is -2.14. The number of hydrogen-bond donors (Lipinski definition) is 0. The number of nitrogens with zero attached hydrogens (tertiary/aromatic N) is 1. The van der Waals surface area contributed by atoms with Crippen molar-refractivity contribution in [3.8, 4) is 22.8 Å². The summed E-state index contributed by atoms with van der Waals surface area (Å²) < 4.78 is 18.0. The summed E-state index contributed by atoms with van der Waals surface area (Å²) in [5.41, 5.74) is 5.25. The summed E-state index contributed by atoms with van der Waals surface area (Å²) >= 11 is 6.56. The number of carbonyl (C=O) groups is 1. The Morgan fingerprint density at radius 3 is 2.50 bits per heavy atom. The zero-order valence-electron chi connectivity index (χ0n) is 14.4. The maximum atomic E-state index is 12.4. The number of rotatable bonds is 3. The van der Waals surface area contributed by atoms with E-state index >= 15 is 0 Å². The molecule has 2 aromatic rings. The van der Waals surface area contributed by atoms with Crippen LogP contribution < -0.4 is 9.47 Å². The third-order valence-electron chi connectivity index (χ3n) is 4.77. The van der Waals surface area contributed by atoms with Gasteiger partial charge in [0.2, 0.25) is 0 Å². The topological polar surface area (TPSA) is 49.7 Å². The van der Waals surface area contributed by atoms with Gasteiger partial charge in [0.1, 0.15) is 0 Å². The molecule has 0 spiro atoms. The quantitative estimate of drug-likeness (QED) is 0.791. The first kappa shape index (κ1) is 16.7. The Morgan fingerprint density at radius 2 is 1.92 bits per heavy atom. The Kier molecular flexibility index (Phi) is 4.22. The molecule has 0 N–H and O–H groups in total. The van der Waals surface area contributed by atoms with Gasteiger partial charge < -0.3 is 18.8 Å². The van der Waals surface area contributed by atoms with E-state index in [9.17, 15) is 4.79 Å². The van der Waals surface area contributed by atoms with Crippen molar-refractivity contribution in [1.29, 1.82) is 0 Å². The first-order chi connectivity index (χ1) is 11.5. The predicted octanol–water partition coefficient (Wildman–Crippen LogP) is 3.79. The molecule has 0 saturated heterocycles. The van der Waals surface area contributed by atoms with E-state index in [2.05, 4.69) is 4.57 Å². The first-order valence-electron chi connectivity index (χ1n) is 7.67. The summed E-state index contributed by atoms with van der Waals surface area (Å²) in [7, 11) is 4.53. The van der Waals surface area contributed by atoms with Crippen LogP contribution in [0.15, 0.2) is 6.07 Å². The Morgan fingerprint density at radius 1 is 1.21 bits per heavy atom. The maximum absolute atomic E-state index is 12.4. The average Bonchev–Trinajstić information content (AvgIpc) is 2.85. The number of benzene rings is 1. The van der Waals surface area contributed by atoms with Crippen LogP contribution in [0.4, 0.5) is 0 Å². The molecule has 0 unspecified atom stereocenters. The number of halogens is 1. The second-order valence-corrected chi connectivity index (χ2v) is 6.16. The van der Waals surface area contributed by atoms with E-state index in [4.69, 9.17) is 25.8 Å². The van der Waals surface area contributed by atoms with E-state index in [0.29, 0.717) is 22.1 Å². The van der Waals surface area contributed by atoms with Crippen molar-refractivity contribution in [2.75, 3.05) is 21.3 Å². The number of aromatic nitrogens is 1. The molecule has 5 nitrogen and oxygen atoms in total. The third kappa shape index (κ3) is 2.18. The molecule has 0 bridgehead atoms. The van der Waals surface area contributed by atoms with E-state index in [1.54, 1.807) is 14.2 Å². The monoisotopic (exact) mass is 349 g/mol. The minimum Gasteiger partial charge on any atom is -0.493 e. The molecule has 2 heterocycles. The Bertz CT molecular complexity index is 839. The summed E-state index contributed by atoms with van der Waals surface area (Å²) in [5, 5.41) is 0.533. The zero-order chi connectivity index (χ0) is 17.6. The SMILES string of the molecule is COC(=O)c1c(C)c(C)n2c1-c1cc(OC)c(OC)c(Cl)c1CC2. The van der Waals surface area contributed by atoms with Crippen molar-refractivity contribution in [3.63, 3.8) is 0 Å². The van der Waals surface area contributed by atoms with E-state index in [-0.39, 0.29) is 5.97 Å². The maximum Gasteiger partial charge on any atom is 0.340 e. The Labute approximate surface area is 146 Å². The molecule has 1 aliphatic heterocycles. The summed E-state index contributed by atoms with van der Waals surface area (Å²) in [5.74, 6) is 0.719. The van der Waals surface area contributed by atoms with Crippen molar-refractivity contribution in [3.05, 3.63) is 33.5 Å². The van der Waals surface area contributed by atoms with E-state index in [1.165, 1.54) is 7.11 Å². The van der Waals surface area contributed by atoms with Crippen LogP contribution in [0.1, 0.15) is 27.2 Å². The van der Waals surface area contributed by atoms with Crippen LogP contribution in [0.5, 0.6) is 11.5 Å². The fraction of sp³-hybridized carbons (Fsp3) is 0.389. The highest BCUT2D eigenvalue weighted by atomic mass is 35.5. The highest BCUT2D eigenvalue weighted by molar-refractivity contribution is 6.33. The van der Waals surface area contributed by atoms with Crippen molar-refractivity contribution in [2.24, 2.45) is 0 Å². The molecule has 6 heteroatoms. The molecule has 128 valence electrons. The van der Waals surface area contributed by atoms with Crippen LogP contribution in [-0.2, 0) is 17.7 Å². The molecule has 1 aliphatic rings. The van der Waals surface area contributed by atoms with E-state index < -0.39 is 0 Å². The molecule has 0 saturated carbocycles. The minimum absolute atomic E-state index is 0.344. The third-order valence-corrected chi connectivity index (χ3v) is 5.17. The molecule has 0 fully saturated rings. The smallest absolute Gasteiger partial charge is 0.340 e. The molecule has 0 amide bonds. The number of ether oxygens (including phenoxy) is 3. The van der Waals surface area contributed by atoms with Gasteiger partial charge in [-0.15, -0.1) is 0 Å². The normalized spacial score (nSPS) is 12.4. The number of carbonyl (C=O) groups excluding carboxylic acids is 1. The first-order valence-corrected chi connectivity index (χ1v) is 8.05. The molecular weight excluding hydrogens is 330 g/mol. The molecular formula is C18H20ClNO4. The second kappa shape index (κ2) is 6.06. The van der Waals surface area contributed by atoms with Gasteiger partial charge in [-0.1, -0.05) is 11.6 Å². The van der Waals surface area contributed by atoms with Crippen LogP contribution in [0.3, 0.4) is 0 Å². The van der Waals surface area contributed by atoms with Crippen molar-refractivity contribution in [2.45, 2.75) is 26.8 Å². The second-order valence-electron chi connectivity index (χ2n) is 5.78. The average molecular weight is 350 g/mol. The highest BCUT2D eigenvalue weighted by Gasteiger charge is 2.31. The molecule has 24 heavy (non-hydrogen) atoms. The van der Waals surface area contributed by atoms with Crippen molar-refractivity contribution in [1.82, 2.24) is 4.57 Å². The fourth-order valence-electron chi connectivity index (χ4n) is 3.44. The van der Waals surface area contributed by atoms with Gasteiger partial charge in [-0.3, -0.25) is 0 Å². The van der Waals surface area contributed by atoms with Crippen LogP contribution in [0.25, 0.3) is 11.3 Å². The molecule has 0 radical (unpaired) electrons. The van der Waals surface area contributed by atoms with Crippen LogP contribution >= 0.6 is 11.6 Å². The highest BCUT2D eigenvalue weighted by Crippen LogP contribution is 2.47. The molecule has 0 aliphatic carbocycles. The lowest BCUT2D eigenvalue weighted by Gasteiger charge is -2.24. The van der Waals surface area contributed by atoms with Gasteiger partial charge in [0, 0.05) is 17.8 Å². The van der Waals surface area contributed by atoms with Gasteiger partial charge >= 0.3 is 5.97 Å². The van der Waals surface area contributed by atoms with Gasteiger partial charge in [0.15, 0.2) is 11.5 Å². The van der Waals surface area contributed by atoms with Gasteiger partial charge in [0.25, 0.3) is 0 Å². The predicted molar refractivity (Wildman–Crippen MR) is 92.5 cm³/mol. The van der Waals surface area contributed by atoms with Gasteiger partial charge in [-0.25, -0.2) is 4.79 Å². The molecule has 1 aromatic carbocycles. The van der Waals surface area contributed by atoms with E-state index in [1.807, 2.05) is 19.9 Å². The minimum atomic E-state index is -0.344. The van der Waals surface area contributed by atoms with E-state index in [0.717, 1.165) is 41.0 Å². The number of fused-ring (bicyclic) bond motifs is 3. The standard InChI is InChI=1S/C18H20ClNO4/c1-9-10(2)20-7-6-11-12(16(20)14(9)18(21)24-5)8-13(22-3)17(23-4)15(11)19/h8H,6-7H2,1-5H3. The number of methoxy groups -OCH3 is 3. The summed E-state index contributed by atoms with van der Waals surface area (Å²) in [6.45, 7) is 4.70. The molecule has 1 aromatic heterocycles. The van der Waals surface area contributed by atoms with Crippen molar-refractivity contribution < 1.29 is 19.0 Å². The lowest BCUT2D eigenvalue weighted by molar-refractivity contribution is 0.0601. The van der Waals surface area contributed by atoms with Crippen LogP contribution in [0.2, 0.25) is 5.02 Å². The van der Waals surface area contributed by atoms with Crippen LogP contribution in [0, 0.1) is 13.8 Å². The number of esters is 1. The lowest BCUT2D eigenvalue weighted by atomic mass is 9.94. The van der Waals surface area contributed by atoms with Crippen molar-refractivity contribution >= 4 is 17.6 Å². The summed E-state index contributed by atoms with van der Waals surface area (Å²) in [4.78, 5) is 12.4. The largest absolute Gasteiger partial charge is 0.493 e. The lowest BCUT2D eigenvalue weighted by Crippen LogP contribution is -2.15. The number of hydrogen-bond acceptors (Lipinski definition) is 4. The van der Waals surface area contributed by atoms with Crippen LogP contribution in [-0.4, -0.2) is 31.9 Å².